The van der Waals surface area contributed by atoms with E-state index >= 15 is 0 Å². The van der Waals surface area contributed by atoms with E-state index in [1.165, 1.54) is 31.4 Å². The molecule has 1 saturated carbocycles. The van der Waals surface area contributed by atoms with Gasteiger partial charge in [0.25, 0.3) is 0 Å². The summed E-state index contributed by atoms with van der Waals surface area (Å²) in [5.41, 5.74) is 6.04. The smallest absolute Gasteiger partial charge is 0.337 e. The molecule has 6 nitrogen and oxygen atoms in total. The van der Waals surface area contributed by atoms with Crippen molar-refractivity contribution in [3.05, 3.63) is 29.8 Å². The first-order valence-electron chi connectivity index (χ1n) is 7.38. The average molecular weight is 363 g/mol. The van der Waals surface area contributed by atoms with Crippen molar-refractivity contribution in [3.8, 4) is 0 Å². The van der Waals surface area contributed by atoms with Gasteiger partial charge in [-0.2, -0.15) is 0 Å². The number of nitrogens with one attached hydrogen (secondary N) is 1. The number of nitrogens with two attached hydrogens (primary N) is 1. The average Bonchev–Trinajstić information content (AvgIpc) is 3.06. The van der Waals surface area contributed by atoms with Gasteiger partial charge in [0.1, 0.15) is 0 Å². The summed E-state index contributed by atoms with van der Waals surface area (Å²) in [6.45, 7) is 0.282. The summed E-state index contributed by atoms with van der Waals surface area (Å²) in [4.78, 5) is 11.5. The highest BCUT2D eigenvalue weighted by Crippen LogP contribution is 2.28. The van der Waals surface area contributed by atoms with Gasteiger partial charge in [-0.25, -0.2) is 17.9 Å². The standard InChI is InChI=1S/C15H22N2O4S.ClH/c1-21-15(18)12-6-8-13(9-7-12)22(19,20)17-14(10-16)11-4-2-3-5-11;/h6-9,11,14,17H,2-5,10,16H2,1H3;1H. The van der Waals surface area contributed by atoms with E-state index in [9.17, 15) is 13.2 Å². The van der Waals surface area contributed by atoms with Crippen LogP contribution in [0.2, 0.25) is 0 Å². The van der Waals surface area contributed by atoms with E-state index in [-0.39, 0.29) is 29.9 Å². The second-order valence-electron chi connectivity index (χ2n) is 5.52. The molecule has 0 saturated heterocycles. The number of hydrogen-bond acceptors (Lipinski definition) is 5. The van der Waals surface area contributed by atoms with Gasteiger partial charge in [-0.05, 0) is 43.0 Å². The molecule has 0 aromatic heterocycles. The number of esters is 1. The first kappa shape index (κ1) is 19.9. The summed E-state index contributed by atoms with van der Waals surface area (Å²) < 4.78 is 32.1. The molecule has 1 aromatic rings. The van der Waals surface area contributed by atoms with Crippen LogP contribution < -0.4 is 10.5 Å². The minimum absolute atomic E-state index is 0. The summed E-state index contributed by atoms with van der Waals surface area (Å²) >= 11 is 0. The summed E-state index contributed by atoms with van der Waals surface area (Å²) in [7, 11) is -2.36. The molecule has 23 heavy (non-hydrogen) atoms. The second kappa shape index (κ2) is 8.63. The molecule has 1 fully saturated rings. The van der Waals surface area contributed by atoms with E-state index in [1.54, 1.807) is 0 Å². The van der Waals surface area contributed by atoms with Crippen molar-refractivity contribution < 1.29 is 17.9 Å². The molecule has 1 atom stereocenters. The van der Waals surface area contributed by atoms with Crippen LogP contribution in [0.4, 0.5) is 0 Å². The van der Waals surface area contributed by atoms with Crippen molar-refractivity contribution in [1.82, 2.24) is 4.72 Å². The predicted molar refractivity (Wildman–Crippen MR) is 90.2 cm³/mol. The van der Waals surface area contributed by atoms with Gasteiger partial charge in [-0.15, -0.1) is 12.4 Å². The molecule has 130 valence electrons. The van der Waals surface area contributed by atoms with Crippen LogP contribution in [0, 0.1) is 5.92 Å². The van der Waals surface area contributed by atoms with Crippen LogP contribution in [0.1, 0.15) is 36.0 Å². The number of carbonyl (C=O) groups is 1. The van der Waals surface area contributed by atoms with E-state index in [0.29, 0.717) is 11.5 Å². The van der Waals surface area contributed by atoms with Crippen molar-refractivity contribution >= 4 is 28.4 Å². The summed E-state index contributed by atoms with van der Waals surface area (Å²) in [6.07, 6.45) is 4.25. The third kappa shape index (κ3) is 4.91. The molecule has 0 bridgehead atoms. The molecule has 1 aliphatic carbocycles. The highest BCUT2D eigenvalue weighted by atomic mass is 35.5. The normalized spacial score (nSPS) is 16.6. The summed E-state index contributed by atoms with van der Waals surface area (Å²) in [5.74, 6) is -0.197. The summed E-state index contributed by atoms with van der Waals surface area (Å²) in [6, 6.07) is 5.43. The third-order valence-corrected chi connectivity index (χ3v) is 5.62. The SMILES string of the molecule is COC(=O)c1ccc(S(=O)(=O)NC(CN)C2CCCC2)cc1.Cl. The van der Waals surface area contributed by atoms with Crippen molar-refractivity contribution in [2.75, 3.05) is 13.7 Å². The fourth-order valence-corrected chi connectivity index (χ4v) is 4.17. The molecule has 2 rings (SSSR count). The Kier molecular flexibility index (Phi) is 7.47. The lowest BCUT2D eigenvalue weighted by atomic mass is 9.99. The van der Waals surface area contributed by atoms with Gasteiger partial charge in [0.05, 0.1) is 17.6 Å². The van der Waals surface area contributed by atoms with Crippen molar-refractivity contribution in [1.29, 1.82) is 0 Å². The third-order valence-electron chi connectivity index (χ3n) is 4.12. The zero-order valence-corrected chi connectivity index (χ0v) is 14.7. The lowest BCUT2D eigenvalue weighted by molar-refractivity contribution is 0.0600. The van der Waals surface area contributed by atoms with Crippen molar-refractivity contribution in [2.45, 2.75) is 36.6 Å². The predicted octanol–water partition coefficient (Wildman–Crippen LogP) is 1.69. The van der Waals surface area contributed by atoms with Gasteiger partial charge in [-0.3, -0.25) is 0 Å². The highest BCUT2D eigenvalue weighted by Gasteiger charge is 2.28. The van der Waals surface area contributed by atoms with Crippen LogP contribution in [-0.4, -0.2) is 34.1 Å². The maximum Gasteiger partial charge on any atom is 0.337 e. The second-order valence-corrected chi connectivity index (χ2v) is 7.24. The van der Waals surface area contributed by atoms with Crippen LogP contribution in [0.15, 0.2) is 29.2 Å². The van der Waals surface area contributed by atoms with Crippen LogP contribution >= 0.6 is 12.4 Å². The number of rotatable bonds is 6. The lowest BCUT2D eigenvalue weighted by Crippen LogP contribution is -2.44. The van der Waals surface area contributed by atoms with E-state index in [1.807, 2.05) is 0 Å². The highest BCUT2D eigenvalue weighted by molar-refractivity contribution is 7.89. The molecular formula is C15H23ClN2O4S. The summed E-state index contributed by atoms with van der Waals surface area (Å²) in [5, 5.41) is 0. The minimum Gasteiger partial charge on any atom is -0.465 e. The zero-order valence-electron chi connectivity index (χ0n) is 13.0. The lowest BCUT2D eigenvalue weighted by Gasteiger charge is -2.23. The van der Waals surface area contributed by atoms with Gasteiger partial charge in [-0.1, -0.05) is 12.8 Å². The molecule has 1 aromatic carbocycles. The first-order valence-corrected chi connectivity index (χ1v) is 8.87. The minimum atomic E-state index is -3.64. The van der Waals surface area contributed by atoms with Gasteiger partial charge >= 0.3 is 5.97 Å². The number of halogens is 1. The fraction of sp³-hybridized carbons (Fsp3) is 0.533. The van der Waals surface area contributed by atoms with E-state index in [2.05, 4.69) is 9.46 Å². The van der Waals surface area contributed by atoms with Crippen LogP contribution in [-0.2, 0) is 14.8 Å². The Hall–Kier alpha value is -1.15. The Labute approximate surface area is 143 Å². The topological polar surface area (TPSA) is 98.5 Å². The number of methoxy groups -OCH3 is 1. The molecule has 1 aliphatic rings. The number of ether oxygens (including phenoxy) is 1. The fourth-order valence-electron chi connectivity index (χ4n) is 2.85. The zero-order chi connectivity index (χ0) is 16.2. The maximum absolute atomic E-state index is 12.4. The molecule has 0 radical (unpaired) electrons. The Bertz CT molecular complexity index is 613. The van der Waals surface area contributed by atoms with Gasteiger partial charge in [0, 0.05) is 12.6 Å². The maximum atomic E-state index is 12.4. The monoisotopic (exact) mass is 362 g/mol. The van der Waals surface area contributed by atoms with Crippen molar-refractivity contribution in [2.24, 2.45) is 11.7 Å². The van der Waals surface area contributed by atoms with Gasteiger partial charge in [0.15, 0.2) is 0 Å². The van der Waals surface area contributed by atoms with Gasteiger partial charge < -0.3 is 10.5 Å². The van der Waals surface area contributed by atoms with E-state index < -0.39 is 16.0 Å². The Morgan fingerprint density at radius 2 is 1.87 bits per heavy atom. The molecule has 3 N–H and O–H groups in total. The number of sulfonamides is 1. The number of hydrogen-bond donors (Lipinski definition) is 2. The van der Waals surface area contributed by atoms with Crippen LogP contribution in [0.3, 0.4) is 0 Å². The number of carbonyl (C=O) groups excluding carboxylic acids is 1. The molecule has 0 amide bonds. The van der Waals surface area contributed by atoms with Crippen LogP contribution in [0.5, 0.6) is 0 Å². The first-order chi connectivity index (χ1) is 10.5. The molecule has 1 unspecified atom stereocenters. The van der Waals surface area contributed by atoms with Crippen molar-refractivity contribution in [3.63, 3.8) is 0 Å². The Morgan fingerprint density at radius 3 is 2.35 bits per heavy atom. The Morgan fingerprint density at radius 1 is 1.30 bits per heavy atom. The van der Waals surface area contributed by atoms with E-state index in [0.717, 1.165) is 25.7 Å². The number of benzene rings is 1. The molecule has 0 aliphatic heterocycles. The molecular weight excluding hydrogens is 340 g/mol. The molecule has 0 spiro atoms. The Balaban J connectivity index is 0.00000264. The van der Waals surface area contributed by atoms with Crippen LogP contribution in [0.25, 0.3) is 0 Å². The van der Waals surface area contributed by atoms with Gasteiger partial charge in [0.2, 0.25) is 10.0 Å². The largest absolute Gasteiger partial charge is 0.465 e. The quantitative estimate of drug-likeness (QED) is 0.750. The molecule has 8 heteroatoms. The van der Waals surface area contributed by atoms with E-state index in [4.69, 9.17) is 5.73 Å². The molecule has 0 heterocycles.